The summed E-state index contributed by atoms with van der Waals surface area (Å²) in [7, 11) is 1.94. The topological polar surface area (TPSA) is 27.0 Å². The third-order valence-electron chi connectivity index (χ3n) is 2.27. The minimum absolute atomic E-state index is 0.657. The molecular weight excluding hydrogens is 196 g/mol. The molecule has 0 N–H and O–H groups in total. The lowest BCUT2D eigenvalue weighted by molar-refractivity contribution is 1.14. The van der Waals surface area contributed by atoms with Gasteiger partial charge in [0.15, 0.2) is 0 Å². The van der Waals surface area contributed by atoms with Gasteiger partial charge >= 0.3 is 0 Å². The second-order valence-electron chi connectivity index (χ2n) is 3.25. The van der Waals surface area contributed by atoms with E-state index < -0.39 is 0 Å². The highest BCUT2D eigenvalue weighted by molar-refractivity contribution is 5.55. The molecule has 0 saturated carbocycles. The van der Waals surface area contributed by atoms with Crippen molar-refractivity contribution in [2.24, 2.45) is 0 Å². The SMILES string of the molecule is C=C/C=C(\C=C)N(C)c1ccc(C#N)cc1. The first-order chi connectivity index (χ1) is 7.72. The number of hydrogen-bond acceptors (Lipinski definition) is 2. The molecule has 0 unspecified atom stereocenters. The Hall–Kier alpha value is -2.27. The number of likely N-dealkylation sites (N-methyl/N-ethyl adjacent to an activating group) is 1. The minimum Gasteiger partial charge on any atom is -0.345 e. The highest BCUT2D eigenvalue weighted by Crippen LogP contribution is 2.18. The van der Waals surface area contributed by atoms with E-state index in [2.05, 4.69) is 19.2 Å². The van der Waals surface area contributed by atoms with E-state index in [-0.39, 0.29) is 0 Å². The van der Waals surface area contributed by atoms with Crippen LogP contribution in [-0.4, -0.2) is 7.05 Å². The molecule has 1 aromatic carbocycles. The molecule has 0 saturated heterocycles. The van der Waals surface area contributed by atoms with Gasteiger partial charge in [0.2, 0.25) is 0 Å². The van der Waals surface area contributed by atoms with Crippen LogP contribution in [0, 0.1) is 11.3 Å². The van der Waals surface area contributed by atoms with Crippen molar-refractivity contribution in [2.45, 2.75) is 0 Å². The molecule has 0 heterocycles. The lowest BCUT2D eigenvalue weighted by Crippen LogP contribution is -2.14. The van der Waals surface area contributed by atoms with Crippen LogP contribution in [0.4, 0.5) is 5.69 Å². The molecule has 0 spiro atoms. The van der Waals surface area contributed by atoms with Crippen LogP contribution in [0.25, 0.3) is 0 Å². The Labute approximate surface area is 96.4 Å². The molecule has 2 heteroatoms. The van der Waals surface area contributed by atoms with Crippen molar-refractivity contribution < 1.29 is 0 Å². The van der Waals surface area contributed by atoms with E-state index >= 15 is 0 Å². The van der Waals surface area contributed by atoms with Gasteiger partial charge in [0.05, 0.1) is 11.6 Å². The molecule has 0 radical (unpaired) electrons. The minimum atomic E-state index is 0.657. The smallest absolute Gasteiger partial charge is 0.0991 e. The standard InChI is InChI=1S/C14H14N2/c1-4-6-13(5-2)16(3)14-9-7-12(11-15)8-10-14/h4-10H,1-2H2,3H3/b13-6+. The van der Waals surface area contributed by atoms with Gasteiger partial charge in [-0.05, 0) is 36.4 Å². The number of nitriles is 1. The summed E-state index contributed by atoms with van der Waals surface area (Å²) in [5.41, 5.74) is 2.62. The van der Waals surface area contributed by atoms with E-state index in [0.717, 1.165) is 11.4 Å². The molecule has 16 heavy (non-hydrogen) atoms. The van der Waals surface area contributed by atoms with Crippen LogP contribution in [0.15, 0.2) is 61.3 Å². The van der Waals surface area contributed by atoms with Crippen LogP contribution >= 0.6 is 0 Å². The van der Waals surface area contributed by atoms with E-state index in [1.165, 1.54) is 0 Å². The third kappa shape index (κ3) is 2.61. The number of benzene rings is 1. The molecule has 1 aromatic rings. The normalized spacial score (nSPS) is 10.4. The molecule has 0 aliphatic heterocycles. The molecule has 2 nitrogen and oxygen atoms in total. The Morgan fingerprint density at radius 2 is 1.94 bits per heavy atom. The first-order valence-corrected chi connectivity index (χ1v) is 4.92. The molecule has 0 amide bonds. The zero-order valence-electron chi connectivity index (χ0n) is 9.35. The number of anilines is 1. The number of nitrogens with zero attached hydrogens (tertiary/aromatic N) is 2. The summed E-state index contributed by atoms with van der Waals surface area (Å²) >= 11 is 0. The summed E-state index contributed by atoms with van der Waals surface area (Å²) in [6.45, 7) is 7.41. The highest BCUT2D eigenvalue weighted by atomic mass is 15.1. The van der Waals surface area contributed by atoms with Gasteiger partial charge in [0, 0.05) is 18.4 Å². The highest BCUT2D eigenvalue weighted by Gasteiger charge is 2.02. The maximum Gasteiger partial charge on any atom is 0.0991 e. The Bertz CT molecular complexity index is 447. The van der Waals surface area contributed by atoms with Crippen molar-refractivity contribution in [1.29, 1.82) is 5.26 Å². The molecule has 0 atom stereocenters. The third-order valence-corrected chi connectivity index (χ3v) is 2.27. The Morgan fingerprint density at radius 3 is 2.38 bits per heavy atom. The second-order valence-corrected chi connectivity index (χ2v) is 3.25. The van der Waals surface area contributed by atoms with Crippen molar-refractivity contribution in [3.63, 3.8) is 0 Å². The van der Waals surface area contributed by atoms with Crippen molar-refractivity contribution in [2.75, 3.05) is 11.9 Å². The molecule has 0 fully saturated rings. The van der Waals surface area contributed by atoms with Gasteiger partial charge in [-0.3, -0.25) is 0 Å². The summed E-state index contributed by atoms with van der Waals surface area (Å²) in [5.74, 6) is 0. The first-order valence-electron chi connectivity index (χ1n) is 4.92. The van der Waals surface area contributed by atoms with Crippen molar-refractivity contribution in [3.05, 3.63) is 66.9 Å². The van der Waals surface area contributed by atoms with Crippen LogP contribution < -0.4 is 4.90 Å². The fourth-order valence-corrected chi connectivity index (χ4v) is 1.35. The Balaban J connectivity index is 3.00. The average Bonchev–Trinajstić information content (AvgIpc) is 2.35. The van der Waals surface area contributed by atoms with Gasteiger partial charge in [-0.15, -0.1) is 0 Å². The van der Waals surface area contributed by atoms with Gasteiger partial charge in [0.25, 0.3) is 0 Å². The van der Waals surface area contributed by atoms with E-state index in [0.29, 0.717) is 5.56 Å². The summed E-state index contributed by atoms with van der Waals surface area (Å²) in [6.07, 6.45) is 5.36. The van der Waals surface area contributed by atoms with Crippen molar-refractivity contribution in [1.82, 2.24) is 0 Å². The zero-order chi connectivity index (χ0) is 12.0. The van der Waals surface area contributed by atoms with Crippen LogP contribution in [0.5, 0.6) is 0 Å². The van der Waals surface area contributed by atoms with Crippen LogP contribution in [0.1, 0.15) is 5.56 Å². The molecule has 0 aromatic heterocycles. The van der Waals surface area contributed by atoms with Gasteiger partial charge in [0.1, 0.15) is 0 Å². The van der Waals surface area contributed by atoms with E-state index in [1.807, 2.05) is 30.2 Å². The quantitative estimate of drug-likeness (QED) is 0.713. The summed E-state index contributed by atoms with van der Waals surface area (Å²) < 4.78 is 0. The van der Waals surface area contributed by atoms with Crippen LogP contribution in [0.3, 0.4) is 0 Å². The number of rotatable bonds is 4. The second kappa shape index (κ2) is 5.57. The fraction of sp³-hybridized carbons (Fsp3) is 0.0714. The molecular formula is C14H14N2. The van der Waals surface area contributed by atoms with Gasteiger partial charge < -0.3 is 4.90 Å². The van der Waals surface area contributed by atoms with Gasteiger partial charge in [-0.2, -0.15) is 5.26 Å². The van der Waals surface area contributed by atoms with E-state index in [4.69, 9.17) is 5.26 Å². The molecule has 0 aliphatic carbocycles. The predicted octanol–water partition coefficient (Wildman–Crippen LogP) is 3.25. The Kier molecular flexibility index (Phi) is 4.11. The molecule has 80 valence electrons. The maximum atomic E-state index is 8.70. The average molecular weight is 210 g/mol. The van der Waals surface area contributed by atoms with Crippen molar-refractivity contribution >= 4 is 5.69 Å². The molecule has 1 rings (SSSR count). The van der Waals surface area contributed by atoms with E-state index in [1.54, 1.807) is 24.3 Å². The number of allylic oxidation sites excluding steroid dienone is 3. The lowest BCUT2D eigenvalue weighted by Gasteiger charge is -2.20. The largest absolute Gasteiger partial charge is 0.345 e. The Morgan fingerprint density at radius 1 is 1.31 bits per heavy atom. The summed E-state index contributed by atoms with van der Waals surface area (Å²) in [6, 6.07) is 9.48. The summed E-state index contributed by atoms with van der Waals surface area (Å²) in [4.78, 5) is 1.98. The van der Waals surface area contributed by atoms with Crippen LogP contribution in [0.2, 0.25) is 0 Å². The predicted molar refractivity (Wildman–Crippen MR) is 68.0 cm³/mol. The lowest BCUT2D eigenvalue weighted by atomic mass is 10.2. The summed E-state index contributed by atoms with van der Waals surface area (Å²) in [5, 5.41) is 8.70. The number of hydrogen-bond donors (Lipinski definition) is 0. The van der Waals surface area contributed by atoms with E-state index in [9.17, 15) is 0 Å². The van der Waals surface area contributed by atoms with Crippen molar-refractivity contribution in [3.8, 4) is 6.07 Å². The van der Waals surface area contributed by atoms with Gasteiger partial charge in [-0.25, -0.2) is 0 Å². The zero-order valence-corrected chi connectivity index (χ0v) is 9.35. The molecule has 0 bridgehead atoms. The monoisotopic (exact) mass is 210 g/mol. The fourth-order valence-electron chi connectivity index (χ4n) is 1.35. The first kappa shape index (κ1) is 11.8. The molecule has 0 aliphatic rings. The van der Waals surface area contributed by atoms with Gasteiger partial charge in [-0.1, -0.05) is 19.2 Å². The van der Waals surface area contributed by atoms with Crippen LogP contribution in [-0.2, 0) is 0 Å². The maximum absolute atomic E-state index is 8.70.